The molecule has 0 radical (unpaired) electrons. The third-order valence-electron chi connectivity index (χ3n) is 6.11. The number of hydrogen-bond acceptors (Lipinski definition) is 8. The molecule has 186 valence electrons. The van der Waals surface area contributed by atoms with Crippen molar-refractivity contribution in [1.82, 2.24) is 24.8 Å². The molecule has 0 unspecified atom stereocenters. The number of nitrogens with one attached hydrogen (secondary N) is 3. The Kier molecular flexibility index (Phi) is 6.28. The molecule has 4 aromatic rings. The maximum atomic E-state index is 14.5. The molecule has 3 heterocycles. The van der Waals surface area contributed by atoms with E-state index in [4.69, 9.17) is 0 Å². The van der Waals surface area contributed by atoms with Crippen LogP contribution in [-0.2, 0) is 4.79 Å². The van der Waals surface area contributed by atoms with Gasteiger partial charge in [-0.25, -0.2) is 14.4 Å². The number of hydrogen-bond donors (Lipinski definition) is 3. The van der Waals surface area contributed by atoms with Crippen LogP contribution in [0.4, 0.5) is 39.2 Å². The molecule has 0 saturated carbocycles. The molecule has 1 aliphatic rings. The lowest BCUT2D eigenvalue weighted by molar-refractivity contribution is -0.129. The molecule has 2 aromatic heterocycles. The lowest BCUT2D eigenvalue weighted by Crippen LogP contribution is -2.48. The van der Waals surface area contributed by atoms with Crippen molar-refractivity contribution in [2.45, 2.75) is 6.92 Å². The van der Waals surface area contributed by atoms with E-state index in [0.29, 0.717) is 18.8 Å². The predicted molar refractivity (Wildman–Crippen MR) is 140 cm³/mol. The number of aromatic nitrogens is 4. The molecule has 36 heavy (non-hydrogen) atoms. The first-order chi connectivity index (χ1) is 17.4. The number of carbonyl (C=O) groups is 1. The Hall–Kier alpha value is -4.41. The fraction of sp³-hybridized carbons (Fsp3) is 0.280. The van der Waals surface area contributed by atoms with Crippen LogP contribution in [0.5, 0.6) is 0 Å². The highest BCUT2D eigenvalue weighted by molar-refractivity contribution is 5.82. The van der Waals surface area contributed by atoms with E-state index >= 15 is 0 Å². The molecule has 1 fully saturated rings. The summed E-state index contributed by atoms with van der Waals surface area (Å²) in [5, 5.41) is 6.16. The lowest BCUT2D eigenvalue weighted by atomic mass is 10.2. The zero-order valence-electron chi connectivity index (χ0n) is 20.4. The van der Waals surface area contributed by atoms with Gasteiger partial charge in [0.25, 0.3) is 0 Å². The number of piperazine rings is 1. The third kappa shape index (κ3) is 4.99. The predicted octanol–water partition coefficient (Wildman–Crippen LogP) is 3.71. The second kappa shape index (κ2) is 9.68. The highest BCUT2D eigenvalue weighted by atomic mass is 19.1. The van der Waals surface area contributed by atoms with Crippen LogP contribution in [0.15, 0.2) is 48.7 Å². The number of nitrogens with zero attached hydrogens (tertiary/aromatic N) is 6. The zero-order chi connectivity index (χ0) is 25.2. The van der Waals surface area contributed by atoms with E-state index < -0.39 is 5.82 Å². The first-order valence-corrected chi connectivity index (χ1v) is 11.7. The van der Waals surface area contributed by atoms with Crippen LogP contribution in [-0.4, -0.2) is 71.0 Å². The standard InChI is InChI=1S/C25H28FN9O/c1-16(36)34-10-12-35(13-11-34)19-7-4-17(5-8-19)28-23-20(26)15-27-24(32-23)29-18-6-9-21-22(14-18)31-25(30-21)33(2)3/h4-9,14-15H,10-13H2,1-3H3,(H,30,31)(H2,27,28,29,32). The molecule has 10 nitrogen and oxygen atoms in total. The molecule has 0 bridgehead atoms. The quantitative estimate of drug-likeness (QED) is 0.377. The average molecular weight is 490 g/mol. The summed E-state index contributed by atoms with van der Waals surface area (Å²) in [4.78, 5) is 33.7. The van der Waals surface area contributed by atoms with Crippen molar-refractivity contribution >= 4 is 51.7 Å². The van der Waals surface area contributed by atoms with Crippen LogP contribution in [0.2, 0.25) is 0 Å². The Morgan fingerprint density at radius 3 is 2.42 bits per heavy atom. The van der Waals surface area contributed by atoms with E-state index in [1.165, 1.54) is 0 Å². The van der Waals surface area contributed by atoms with Crippen LogP contribution in [0.25, 0.3) is 11.0 Å². The Labute approximate surface area is 208 Å². The van der Waals surface area contributed by atoms with Crippen LogP contribution in [0.1, 0.15) is 6.92 Å². The van der Waals surface area contributed by atoms with Crippen molar-refractivity contribution in [2.75, 3.05) is 60.7 Å². The molecule has 11 heteroatoms. The minimum absolute atomic E-state index is 0.0767. The van der Waals surface area contributed by atoms with E-state index in [1.807, 2.05) is 66.4 Å². The Bertz CT molecular complexity index is 1380. The van der Waals surface area contributed by atoms with Gasteiger partial charge in [-0.15, -0.1) is 0 Å². The van der Waals surface area contributed by atoms with Gasteiger partial charge < -0.3 is 30.3 Å². The van der Waals surface area contributed by atoms with Crippen LogP contribution in [0.3, 0.4) is 0 Å². The molecular formula is C25H28FN9O. The summed E-state index contributed by atoms with van der Waals surface area (Å²) in [5.74, 6) is 0.661. The number of fused-ring (bicyclic) bond motifs is 1. The van der Waals surface area contributed by atoms with E-state index in [1.54, 1.807) is 6.92 Å². The van der Waals surface area contributed by atoms with Crippen molar-refractivity contribution in [1.29, 1.82) is 0 Å². The maximum absolute atomic E-state index is 14.5. The normalized spacial score (nSPS) is 13.7. The SMILES string of the molecule is CC(=O)N1CCN(c2ccc(Nc3nc(Nc4ccc5nc(N(C)C)[nH]c5c4)ncc3F)cc2)CC1. The Morgan fingerprint density at radius 2 is 1.72 bits per heavy atom. The first-order valence-electron chi connectivity index (χ1n) is 11.7. The summed E-state index contributed by atoms with van der Waals surface area (Å²) in [6.45, 7) is 4.58. The number of aromatic amines is 1. The summed E-state index contributed by atoms with van der Waals surface area (Å²) < 4.78 is 14.5. The van der Waals surface area contributed by atoms with E-state index in [0.717, 1.165) is 47.6 Å². The summed E-state index contributed by atoms with van der Waals surface area (Å²) >= 11 is 0. The molecule has 1 amide bonds. The second-order valence-corrected chi connectivity index (χ2v) is 8.87. The van der Waals surface area contributed by atoms with Gasteiger partial charge in [0.1, 0.15) is 0 Å². The van der Waals surface area contributed by atoms with Crippen molar-refractivity contribution in [3.63, 3.8) is 0 Å². The number of halogens is 1. The highest BCUT2D eigenvalue weighted by Crippen LogP contribution is 2.25. The van der Waals surface area contributed by atoms with Crippen molar-refractivity contribution in [3.05, 3.63) is 54.5 Å². The van der Waals surface area contributed by atoms with Gasteiger partial charge >= 0.3 is 0 Å². The minimum atomic E-state index is -0.551. The number of anilines is 6. The fourth-order valence-corrected chi connectivity index (χ4v) is 4.10. The van der Waals surface area contributed by atoms with Crippen molar-refractivity contribution in [3.8, 4) is 0 Å². The van der Waals surface area contributed by atoms with E-state index in [2.05, 4.69) is 35.5 Å². The highest BCUT2D eigenvalue weighted by Gasteiger charge is 2.19. The van der Waals surface area contributed by atoms with Gasteiger partial charge in [-0.2, -0.15) is 4.98 Å². The summed E-state index contributed by atoms with van der Waals surface area (Å²) in [7, 11) is 3.84. The monoisotopic (exact) mass is 489 g/mol. The Balaban J connectivity index is 1.26. The summed E-state index contributed by atoms with van der Waals surface area (Å²) in [6, 6.07) is 13.4. The molecule has 0 atom stereocenters. The molecule has 1 aliphatic heterocycles. The van der Waals surface area contributed by atoms with Gasteiger partial charge in [0.15, 0.2) is 11.6 Å². The van der Waals surface area contributed by atoms with Crippen LogP contribution >= 0.6 is 0 Å². The van der Waals surface area contributed by atoms with Crippen LogP contribution < -0.4 is 20.4 Å². The fourth-order valence-electron chi connectivity index (χ4n) is 4.10. The first kappa shape index (κ1) is 23.3. The van der Waals surface area contributed by atoms with Gasteiger partial charge in [0.05, 0.1) is 17.2 Å². The molecule has 5 rings (SSSR count). The minimum Gasteiger partial charge on any atom is -0.368 e. The number of H-pyrrole nitrogens is 1. The molecule has 0 spiro atoms. The largest absolute Gasteiger partial charge is 0.368 e. The zero-order valence-corrected chi connectivity index (χ0v) is 20.4. The van der Waals surface area contributed by atoms with Gasteiger partial charge in [-0.1, -0.05) is 0 Å². The number of amides is 1. The van der Waals surface area contributed by atoms with Crippen LogP contribution in [0, 0.1) is 5.82 Å². The van der Waals surface area contributed by atoms with E-state index in [9.17, 15) is 9.18 Å². The number of benzene rings is 2. The molecule has 0 aliphatic carbocycles. The third-order valence-corrected chi connectivity index (χ3v) is 6.11. The summed E-state index contributed by atoms with van der Waals surface area (Å²) in [5.41, 5.74) is 4.23. The smallest absolute Gasteiger partial charge is 0.229 e. The van der Waals surface area contributed by atoms with Gasteiger partial charge in [0.2, 0.25) is 17.8 Å². The Morgan fingerprint density at radius 1 is 1.00 bits per heavy atom. The molecule has 1 saturated heterocycles. The molecule has 2 aromatic carbocycles. The lowest BCUT2D eigenvalue weighted by Gasteiger charge is -2.35. The second-order valence-electron chi connectivity index (χ2n) is 8.87. The maximum Gasteiger partial charge on any atom is 0.229 e. The number of carbonyl (C=O) groups excluding carboxylic acids is 1. The summed E-state index contributed by atoms with van der Waals surface area (Å²) in [6.07, 6.45) is 1.14. The topological polar surface area (TPSA) is 105 Å². The van der Waals surface area contributed by atoms with Gasteiger partial charge in [-0.3, -0.25) is 4.79 Å². The number of rotatable bonds is 6. The number of imidazole rings is 1. The molecular weight excluding hydrogens is 461 g/mol. The van der Waals surface area contributed by atoms with Gasteiger partial charge in [-0.05, 0) is 42.5 Å². The molecule has 3 N–H and O–H groups in total. The van der Waals surface area contributed by atoms with Crippen molar-refractivity contribution < 1.29 is 9.18 Å². The average Bonchev–Trinajstić information content (AvgIpc) is 3.31. The van der Waals surface area contributed by atoms with Gasteiger partial charge in [0, 0.05) is 64.3 Å². The van der Waals surface area contributed by atoms with E-state index in [-0.39, 0.29) is 17.7 Å². The van der Waals surface area contributed by atoms with Crippen molar-refractivity contribution in [2.24, 2.45) is 0 Å².